The largest absolute Gasteiger partial charge is 0.469 e. The highest BCUT2D eigenvalue weighted by atomic mass is 35.5. The summed E-state index contributed by atoms with van der Waals surface area (Å²) in [5, 5.41) is 2.50. The van der Waals surface area contributed by atoms with Crippen molar-refractivity contribution in [2.24, 2.45) is 0 Å². The number of carbonyl (C=O) groups is 2. The molecule has 1 atom stereocenters. The third-order valence-electron chi connectivity index (χ3n) is 3.22. The molecule has 110 valence electrons. The van der Waals surface area contributed by atoms with Crippen molar-refractivity contribution in [1.29, 1.82) is 0 Å². The van der Waals surface area contributed by atoms with Crippen molar-refractivity contribution in [2.75, 3.05) is 12.4 Å². The van der Waals surface area contributed by atoms with Crippen LogP contribution < -0.4 is 11.0 Å². The van der Waals surface area contributed by atoms with E-state index in [1.165, 1.54) is 7.11 Å². The van der Waals surface area contributed by atoms with E-state index >= 15 is 0 Å². The van der Waals surface area contributed by atoms with E-state index in [9.17, 15) is 14.4 Å². The number of nitrogens with one attached hydrogen (secondary N) is 2. The maximum atomic E-state index is 12.1. The first-order valence-corrected chi connectivity index (χ1v) is 6.56. The quantitative estimate of drug-likeness (QED) is 0.633. The van der Waals surface area contributed by atoms with E-state index in [4.69, 9.17) is 23.2 Å². The first kappa shape index (κ1) is 13.9. The van der Waals surface area contributed by atoms with E-state index in [1.54, 1.807) is 0 Å². The second-order valence-corrected chi connectivity index (χ2v) is 5.09. The first-order chi connectivity index (χ1) is 9.93. The number of carbonyl (C=O) groups excluding carboxylic acids is 2. The summed E-state index contributed by atoms with van der Waals surface area (Å²) < 4.78 is 5.68. The van der Waals surface area contributed by atoms with Crippen molar-refractivity contribution >= 4 is 51.8 Å². The second kappa shape index (κ2) is 4.74. The molecule has 1 aliphatic rings. The molecule has 8 nitrogen and oxygen atoms in total. The Hall–Kier alpha value is -2.06. The number of halogens is 2. The fourth-order valence-electron chi connectivity index (χ4n) is 2.30. The number of anilines is 1. The lowest BCUT2D eigenvalue weighted by atomic mass is 10.1. The van der Waals surface area contributed by atoms with Gasteiger partial charge in [-0.25, -0.2) is 9.78 Å². The average Bonchev–Trinajstić information content (AvgIpc) is 2.78. The molecule has 1 aliphatic heterocycles. The molecule has 2 aromatic rings. The van der Waals surface area contributed by atoms with Crippen molar-refractivity contribution in [2.45, 2.75) is 12.5 Å². The molecule has 1 unspecified atom stereocenters. The number of methoxy groups -OCH3 is 1. The van der Waals surface area contributed by atoms with Crippen LogP contribution in [0.4, 0.5) is 5.69 Å². The van der Waals surface area contributed by atoms with Crippen LogP contribution in [0.15, 0.2) is 4.79 Å². The number of rotatable bonds is 2. The molecule has 0 spiro atoms. The summed E-state index contributed by atoms with van der Waals surface area (Å²) in [5.41, 5.74) is 0.149. The lowest BCUT2D eigenvalue weighted by Gasteiger charge is -2.23. The van der Waals surface area contributed by atoms with E-state index in [-0.39, 0.29) is 27.9 Å². The SMILES string of the molecule is COC(=O)CC1C(=O)Nc2c(Cl)nc(Cl)c3[nH]c(=O)n1c23. The van der Waals surface area contributed by atoms with Gasteiger partial charge in [0.15, 0.2) is 10.3 Å². The van der Waals surface area contributed by atoms with E-state index in [2.05, 4.69) is 20.0 Å². The van der Waals surface area contributed by atoms with Gasteiger partial charge in [0, 0.05) is 0 Å². The van der Waals surface area contributed by atoms with Crippen LogP contribution in [-0.2, 0) is 14.3 Å². The number of H-pyrrole nitrogens is 1. The van der Waals surface area contributed by atoms with E-state index in [0.29, 0.717) is 5.52 Å². The van der Waals surface area contributed by atoms with Crippen molar-refractivity contribution in [3.8, 4) is 0 Å². The smallest absolute Gasteiger partial charge is 0.327 e. The normalized spacial score (nSPS) is 16.9. The zero-order valence-corrected chi connectivity index (χ0v) is 12.1. The zero-order chi connectivity index (χ0) is 15.3. The van der Waals surface area contributed by atoms with Crippen LogP contribution >= 0.6 is 23.2 Å². The number of esters is 1. The molecule has 3 rings (SSSR count). The molecule has 10 heteroatoms. The minimum Gasteiger partial charge on any atom is -0.469 e. The maximum Gasteiger partial charge on any atom is 0.327 e. The van der Waals surface area contributed by atoms with Crippen molar-refractivity contribution in [3.63, 3.8) is 0 Å². The zero-order valence-electron chi connectivity index (χ0n) is 10.6. The standard InChI is InChI=1S/C11H8Cl2N4O4/c1-21-4(18)2-3-10(19)14-5-7-6(9(13)16-8(5)12)15-11(20)17(3)7/h3H,2H2,1H3,(H,14,19)(H,15,20). The van der Waals surface area contributed by atoms with Crippen molar-refractivity contribution < 1.29 is 14.3 Å². The molecule has 2 aromatic heterocycles. The Bertz CT molecular complexity index is 841. The van der Waals surface area contributed by atoms with E-state index in [0.717, 1.165) is 4.57 Å². The van der Waals surface area contributed by atoms with Crippen molar-refractivity contribution in [3.05, 3.63) is 20.8 Å². The van der Waals surface area contributed by atoms with Crippen LogP contribution in [0.5, 0.6) is 0 Å². The number of pyridine rings is 1. The Kier molecular flexibility index (Phi) is 3.14. The van der Waals surface area contributed by atoms with Crippen LogP contribution in [-0.4, -0.2) is 33.5 Å². The lowest BCUT2D eigenvalue weighted by molar-refractivity contribution is -0.143. The van der Waals surface area contributed by atoms with Gasteiger partial charge < -0.3 is 15.0 Å². The van der Waals surface area contributed by atoms with Gasteiger partial charge in [0.05, 0.1) is 19.0 Å². The Morgan fingerprint density at radius 2 is 2.10 bits per heavy atom. The fourth-order valence-corrected chi connectivity index (χ4v) is 2.78. The molecule has 0 saturated heterocycles. The summed E-state index contributed by atoms with van der Waals surface area (Å²) in [6.45, 7) is 0. The molecule has 21 heavy (non-hydrogen) atoms. The van der Waals surface area contributed by atoms with Crippen LogP contribution in [0.25, 0.3) is 11.0 Å². The highest BCUT2D eigenvalue weighted by Gasteiger charge is 2.35. The molecule has 0 aromatic carbocycles. The summed E-state index contributed by atoms with van der Waals surface area (Å²) in [6, 6.07) is -1.04. The van der Waals surface area contributed by atoms with Crippen LogP contribution in [0.3, 0.4) is 0 Å². The predicted molar refractivity (Wildman–Crippen MR) is 74.7 cm³/mol. The first-order valence-electron chi connectivity index (χ1n) is 5.81. The number of aromatic nitrogens is 3. The summed E-state index contributed by atoms with van der Waals surface area (Å²) in [5.74, 6) is -1.17. The highest BCUT2D eigenvalue weighted by Crippen LogP contribution is 2.37. The average molecular weight is 331 g/mol. The lowest BCUT2D eigenvalue weighted by Crippen LogP contribution is -2.37. The monoisotopic (exact) mass is 330 g/mol. The van der Waals surface area contributed by atoms with Crippen LogP contribution in [0, 0.1) is 0 Å². The summed E-state index contributed by atoms with van der Waals surface area (Å²) in [4.78, 5) is 42.0. The predicted octanol–water partition coefficient (Wildman–Crippen LogP) is 1.09. The molecule has 0 fully saturated rings. The molecular weight excluding hydrogens is 323 g/mol. The van der Waals surface area contributed by atoms with Crippen molar-refractivity contribution in [1.82, 2.24) is 14.5 Å². The number of imidazole rings is 1. The second-order valence-electron chi connectivity index (χ2n) is 4.38. The summed E-state index contributed by atoms with van der Waals surface area (Å²) >= 11 is 11.9. The van der Waals surface area contributed by atoms with Gasteiger partial charge in [0.1, 0.15) is 17.2 Å². The number of amides is 1. The number of ether oxygens (including phenoxy) is 1. The Morgan fingerprint density at radius 1 is 1.38 bits per heavy atom. The summed E-state index contributed by atoms with van der Waals surface area (Å²) in [6.07, 6.45) is -0.286. The number of aromatic amines is 1. The Labute approximate surface area is 127 Å². The third kappa shape index (κ3) is 1.98. The topological polar surface area (TPSA) is 106 Å². The van der Waals surface area contributed by atoms with Gasteiger partial charge in [-0.2, -0.15) is 0 Å². The van der Waals surface area contributed by atoms with Gasteiger partial charge in [0.2, 0.25) is 5.91 Å². The maximum absolute atomic E-state index is 12.1. The third-order valence-corrected chi connectivity index (χ3v) is 3.77. The van der Waals surface area contributed by atoms with Crippen LogP contribution in [0.1, 0.15) is 12.5 Å². The Balaban J connectivity index is 2.30. The van der Waals surface area contributed by atoms with Gasteiger partial charge in [-0.3, -0.25) is 14.2 Å². The van der Waals surface area contributed by atoms with Gasteiger partial charge in [-0.05, 0) is 0 Å². The van der Waals surface area contributed by atoms with Crippen LogP contribution in [0.2, 0.25) is 10.3 Å². The fraction of sp³-hybridized carbons (Fsp3) is 0.273. The van der Waals surface area contributed by atoms with Gasteiger partial charge in [0.25, 0.3) is 0 Å². The number of hydrogen-bond donors (Lipinski definition) is 2. The molecule has 0 radical (unpaired) electrons. The van der Waals surface area contributed by atoms with E-state index < -0.39 is 23.6 Å². The molecule has 0 bridgehead atoms. The molecule has 0 aliphatic carbocycles. The van der Waals surface area contributed by atoms with Gasteiger partial charge in [-0.15, -0.1) is 0 Å². The molecule has 2 N–H and O–H groups in total. The summed E-state index contributed by atoms with van der Waals surface area (Å²) in [7, 11) is 1.20. The molecular formula is C11H8Cl2N4O4. The van der Waals surface area contributed by atoms with Gasteiger partial charge in [-0.1, -0.05) is 23.2 Å². The van der Waals surface area contributed by atoms with E-state index in [1.807, 2.05) is 0 Å². The minimum absolute atomic E-state index is 0.00238. The highest BCUT2D eigenvalue weighted by molar-refractivity contribution is 6.39. The Morgan fingerprint density at radius 3 is 2.76 bits per heavy atom. The minimum atomic E-state index is -1.04. The molecule has 3 heterocycles. The molecule has 1 amide bonds. The van der Waals surface area contributed by atoms with Gasteiger partial charge >= 0.3 is 11.7 Å². The molecule has 0 saturated carbocycles. The number of hydrogen-bond acceptors (Lipinski definition) is 5. The number of nitrogens with zero attached hydrogens (tertiary/aromatic N) is 2.